The number of hydrogen-bond donors (Lipinski definition) is 3. The first-order valence-electron chi connectivity index (χ1n) is 8.16. The molecule has 0 aliphatic carbocycles. The van der Waals surface area contributed by atoms with E-state index in [9.17, 15) is 4.79 Å². The van der Waals surface area contributed by atoms with E-state index in [1.54, 1.807) is 17.4 Å². The second-order valence-corrected chi connectivity index (χ2v) is 6.95. The molecule has 4 rings (SSSR count). The van der Waals surface area contributed by atoms with Gasteiger partial charge in [-0.15, -0.1) is 11.3 Å². The Morgan fingerprint density at radius 3 is 2.78 bits per heavy atom. The number of aromatic nitrogens is 2. The van der Waals surface area contributed by atoms with Crippen molar-refractivity contribution in [2.75, 3.05) is 11.1 Å². The van der Waals surface area contributed by atoms with Crippen LogP contribution in [0.5, 0.6) is 0 Å². The minimum atomic E-state index is -0.347. The summed E-state index contributed by atoms with van der Waals surface area (Å²) in [7, 11) is 0. The average Bonchev–Trinajstić information content (AvgIpc) is 3.13. The normalized spacial score (nSPS) is 10.7. The van der Waals surface area contributed by atoms with Crippen LogP contribution in [0.2, 0.25) is 0 Å². The van der Waals surface area contributed by atoms with E-state index in [1.165, 1.54) is 24.8 Å². The second-order valence-electron chi connectivity index (χ2n) is 5.87. The Morgan fingerprint density at radius 2 is 2.04 bits per heavy atom. The summed E-state index contributed by atoms with van der Waals surface area (Å²) < 4.78 is 1.15. The fourth-order valence-electron chi connectivity index (χ4n) is 2.81. The van der Waals surface area contributed by atoms with Crippen LogP contribution < -0.4 is 11.1 Å². The fraction of sp³-hybridized carbons (Fsp3) is 0. The van der Waals surface area contributed by atoms with Gasteiger partial charge in [0.2, 0.25) is 0 Å². The first-order chi connectivity index (χ1) is 13.2. The molecule has 0 aliphatic heterocycles. The standard InChI is InChI=1S/C20H15N5OS/c21-10-13-7-14(25-20(26)16-5-6-23-11-24-16)9-15(19(13)22)18-8-12-3-1-2-4-17(12)27-18/h1-11,21H,22H2,(H,25,26). The van der Waals surface area contributed by atoms with Gasteiger partial charge in [-0.25, -0.2) is 9.97 Å². The molecule has 0 spiro atoms. The Bertz CT molecular complexity index is 1120. The third-order valence-corrected chi connectivity index (χ3v) is 5.28. The molecular formula is C20H15N5OS. The molecule has 0 atom stereocenters. The summed E-state index contributed by atoms with van der Waals surface area (Å²) in [6.07, 6.45) is 4.02. The van der Waals surface area contributed by atoms with E-state index in [4.69, 9.17) is 11.1 Å². The Balaban J connectivity index is 1.77. The molecule has 0 aliphatic rings. The number of nitrogens with two attached hydrogens (primary N) is 1. The van der Waals surface area contributed by atoms with Gasteiger partial charge in [-0.1, -0.05) is 18.2 Å². The third kappa shape index (κ3) is 3.28. The molecule has 2 heterocycles. The van der Waals surface area contributed by atoms with E-state index in [2.05, 4.69) is 27.4 Å². The van der Waals surface area contributed by atoms with E-state index in [1.807, 2.05) is 24.3 Å². The van der Waals surface area contributed by atoms with Crippen LogP contribution in [-0.2, 0) is 0 Å². The van der Waals surface area contributed by atoms with Crippen molar-refractivity contribution < 1.29 is 4.79 Å². The monoisotopic (exact) mass is 373 g/mol. The van der Waals surface area contributed by atoms with Crippen molar-refractivity contribution >= 4 is 44.9 Å². The van der Waals surface area contributed by atoms with E-state index in [0.717, 1.165) is 20.5 Å². The Hall–Kier alpha value is -3.58. The van der Waals surface area contributed by atoms with Crippen LogP contribution in [0.15, 0.2) is 61.1 Å². The van der Waals surface area contributed by atoms with Gasteiger partial charge in [-0.05, 0) is 35.7 Å². The number of nitrogens with zero attached hydrogens (tertiary/aromatic N) is 2. The number of nitrogen functional groups attached to an aromatic ring is 1. The summed E-state index contributed by atoms with van der Waals surface area (Å²) in [5.74, 6) is -0.347. The van der Waals surface area contributed by atoms with Crippen molar-refractivity contribution in [3.8, 4) is 10.4 Å². The van der Waals surface area contributed by atoms with Crippen molar-refractivity contribution in [1.82, 2.24) is 9.97 Å². The number of amides is 1. The van der Waals surface area contributed by atoms with Gasteiger partial charge in [0.15, 0.2) is 0 Å². The summed E-state index contributed by atoms with van der Waals surface area (Å²) in [5.41, 5.74) is 8.94. The van der Waals surface area contributed by atoms with Gasteiger partial charge >= 0.3 is 0 Å². The molecule has 0 fully saturated rings. The van der Waals surface area contributed by atoms with Gasteiger partial charge in [0, 0.05) is 44.5 Å². The number of carbonyl (C=O) groups is 1. The maximum Gasteiger partial charge on any atom is 0.274 e. The van der Waals surface area contributed by atoms with E-state index in [-0.39, 0.29) is 11.6 Å². The highest BCUT2D eigenvalue weighted by atomic mass is 32.1. The average molecular weight is 373 g/mol. The molecule has 4 aromatic rings. The molecule has 0 unspecified atom stereocenters. The van der Waals surface area contributed by atoms with Gasteiger partial charge in [0.05, 0.1) is 0 Å². The lowest BCUT2D eigenvalue weighted by molar-refractivity contribution is 0.102. The van der Waals surface area contributed by atoms with Crippen LogP contribution in [0, 0.1) is 5.41 Å². The van der Waals surface area contributed by atoms with Crippen LogP contribution in [0.4, 0.5) is 11.4 Å². The molecule has 0 bridgehead atoms. The predicted molar refractivity (Wildman–Crippen MR) is 110 cm³/mol. The molecule has 0 saturated carbocycles. The Kier molecular flexibility index (Phi) is 4.35. The molecule has 27 heavy (non-hydrogen) atoms. The number of thiophene rings is 1. The quantitative estimate of drug-likeness (QED) is 0.368. The third-order valence-electron chi connectivity index (χ3n) is 4.13. The molecule has 4 N–H and O–H groups in total. The van der Waals surface area contributed by atoms with E-state index < -0.39 is 0 Å². The molecule has 132 valence electrons. The summed E-state index contributed by atoms with van der Waals surface area (Å²) >= 11 is 1.62. The number of hydrogen-bond acceptors (Lipinski definition) is 6. The van der Waals surface area contributed by atoms with Crippen molar-refractivity contribution in [2.24, 2.45) is 0 Å². The van der Waals surface area contributed by atoms with Crippen molar-refractivity contribution in [3.63, 3.8) is 0 Å². The van der Waals surface area contributed by atoms with Gasteiger partial charge in [0.25, 0.3) is 5.91 Å². The minimum Gasteiger partial charge on any atom is -0.398 e. The number of nitrogens with one attached hydrogen (secondary N) is 2. The SMILES string of the molecule is N=Cc1cc(NC(=O)c2ccncn2)cc(-c2cc3ccccc3s2)c1N. The molecule has 1 amide bonds. The number of benzene rings is 2. The highest BCUT2D eigenvalue weighted by Crippen LogP contribution is 2.38. The zero-order chi connectivity index (χ0) is 18.8. The number of fused-ring (bicyclic) bond motifs is 1. The molecule has 2 aromatic heterocycles. The van der Waals surface area contributed by atoms with Gasteiger partial charge in [0.1, 0.15) is 12.0 Å². The van der Waals surface area contributed by atoms with Crippen LogP contribution in [0.3, 0.4) is 0 Å². The van der Waals surface area contributed by atoms with Crippen LogP contribution >= 0.6 is 11.3 Å². The van der Waals surface area contributed by atoms with Crippen LogP contribution in [0.25, 0.3) is 20.5 Å². The zero-order valence-electron chi connectivity index (χ0n) is 14.1. The second kappa shape index (κ2) is 6.97. The summed E-state index contributed by atoms with van der Waals surface area (Å²) in [6.45, 7) is 0. The topological polar surface area (TPSA) is 105 Å². The number of carbonyl (C=O) groups excluding carboxylic acids is 1. The maximum absolute atomic E-state index is 12.4. The molecule has 6 nitrogen and oxygen atoms in total. The first-order valence-corrected chi connectivity index (χ1v) is 8.97. The fourth-order valence-corrected chi connectivity index (χ4v) is 3.90. The summed E-state index contributed by atoms with van der Waals surface area (Å²) in [4.78, 5) is 21.1. The van der Waals surface area contributed by atoms with Crippen LogP contribution in [-0.4, -0.2) is 22.1 Å². The van der Waals surface area contributed by atoms with Crippen LogP contribution in [0.1, 0.15) is 16.1 Å². The molecule has 2 aromatic carbocycles. The first kappa shape index (κ1) is 16.9. The highest BCUT2D eigenvalue weighted by Gasteiger charge is 2.14. The maximum atomic E-state index is 12.4. The molecular weight excluding hydrogens is 358 g/mol. The van der Waals surface area contributed by atoms with Crippen molar-refractivity contribution in [3.05, 3.63) is 72.3 Å². The molecule has 0 radical (unpaired) electrons. The van der Waals surface area contributed by atoms with Gasteiger partial charge in [-0.3, -0.25) is 4.79 Å². The molecule has 0 saturated heterocycles. The summed E-state index contributed by atoms with van der Waals surface area (Å²) in [6, 6.07) is 15.2. The number of anilines is 2. The van der Waals surface area contributed by atoms with Gasteiger partial charge in [-0.2, -0.15) is 0 Å². The smallest absolute Gasteiger partial charge is 0.274 e. The zero-order valence-corrected chi connectivity index (χ0v) is 15.0. The largest absolute Gasteiger partial charge is 0.398 e. The molecule has 7 heteroatoms. The lowest BCUT2D eigenvalue weighted by Gasteiger charge is -2.12. The van der Waals surface area contributed by atoms with Crippen molar-refractivity contribution in [2.45, 2.75) is 0 Å². The van der Waals surface area contributed by atoms with E-state index in [0.29, 0.717) is 16.9 Å². The van der Waals surface area contributed by atoms with E-state index >= 15 is 0 Å². The minimum absolute atomic E-state index is 0.265. The Morgan fingerprint density at radius 1 is 1.19 bits per heavy atom. The highest BCUT2D eigenvalue weighted by molar-refractivity contribution is 7.22. The lowest BCUT2D eigenvalue weighted by atomic mass is 10.0. The Labute approximate surface area is 159 Å². The van der Waals surface area contributed by atoms with Crippen molar-refractivity contribution in [1.29, 1.82) is 5.41 Å². The summed E-state index contributed by atoms with van der Waals surface area (Å²) in [5, 5.41) is 11.6. The lowest BCUT2D eigenvalue weighted by Crippen LogP contribution is -2.14. The predicted octanol–water partition coefficient (Wildman–Crippen LogP) is 4.19. The van der Waals surface area contributed by atoms with Gasteiger partial charge < -0.3 is 16.5 Å². The number of rotatable bonds is 4.